The number of nitro benzene ring substituents is 1. The third-order valence-electron chi connectivity index (χ3n) is 3.71. The summed E-state index contributed by atoms with van der Waals surface area (Å²) in [6.07, 6.45) is 1.57. The molecule has 0 unspecified atom stereocenters. The monoisotopic (exact) mass is 371 g/mol. The standard InChI is InChI=1S/C18H17N3O4S/c22-18(19-11-14-4-1-5-15(10-14)21(23)24)20(12-16-6-2-8-25-16)13-17-7-3-9-26-17/h1-10H,11-13H2,(H,19,22). The molecular weight excluding hydrogens is 354 g/mol. The first kappa shape index (κ1) is 17.7. The number of rotatable bonds is 7. The maximum Gasteiger partial charge on any atom is 0.318 e. The van der Waals surface area contributed by atoms with E-state index in [0.717, 1.165) is 4.88 Å². The molecule has 3 aromatic rings. The van der Waals surface area contributed by atoms with Crippen molar-refractivity contribution in [1.29, 1.82) is 0 Å². The number of non-ortho nitro benzene ring substituents is 1. The quantitative estimate of drug-likeness (QED) is 0.499. The van der Waals surface area contributed by atoms with Crippen LogP contribution < -0.4 is 5.32 Å². The first-order chi connectivity index (χ1) is 12.6. The fourth-order valence-electron chi connectivity index (χ4n) is 2.45. The molecule has 26 heavy (non-hydrogen) atoms. The smallest absolute Gasteiger partial charge is 0.318 e. The molecule has 0 saturated carbocycles. The van der Waals surface area contributed by atoms with Crippen LogP contribution >= 0.6 is 11.3 Å². The zero-order chi connectivity index (χ0) is 18.4. The van der Waals surface area contributed by atoms with Crippen molar-refractivity contribution in [3.05, 3.63) is 86.5 Å². The first-order valence-corrected chi connectivity index (χ1v) is 8.80. The number of amides is 2. The van der Waals surface area contributed by atoms with Crippen molar-refractivity contribution in [3.8, 4) is 0 Å². The molecule has 2 amide bonds. The van der Waals surface area contributed by atoms with Crippen molar-refractivity contribution in [2.45, 2.75) is 19.6 Å². The third kappa shape index (κ3) is 4.70. The van der Waals surface area contributed by atoms with Gasteiger partial charge in [0.05, 0.1) is 24.3 Å². The molecule has 3 rings (SSSR count). The minimum Gasteiger partial charge on any atom is -0.467 e. The Hall–Kier alpha value is -3.13. The lowest BCUT2D eigenvalue weighted by Gasteiger charge is -2.21. The van der Waals surface area contributed by atoms with Crippen molar-refractivity contribution in [2.24, 2.45) is 0 Å². The number of carbonyl (C=O) groups excluding carboxylic acids is 1. The largest absolute Gasteiger partial charge is 0.467 e. The highest BCUT2D eigenvalue weighted by Crippen LogP contribution is 2.16. The van der Waals surface area contributed by atoms with Crippen LogP contribution in [-0.4, -0.2) is 15.9 Å². The van der Waals surface area contributed by atoms with Gasteiger partial charge in [-0.15, -0.1) is 11.3 Å². The third-order valence-corrected chi connectivity index (χ3v) is 4.57. The Bertz CT molecular complexity index is 826. The van der Waals surface area contributed by atoms with Gasteiger partial charge in [-0.3, -0.25) is 10.1 Å². The topological polar surface area (TPSA) is 88.6 Å². The van der Waals surface area contributed by atoms with Gasteiger partial charge in [0.25, 0.3) is 5.69 Å². The molecule has 1 N–H and O–H groups in total. The van der Waals surface area contributed by atoms with Crippen molar-refractivity contribution >= 4 is 23.1 Å². The number of nitro groups is 1. The van der Waals surface area contributed by atoms with Gasteiger partial charge in [-0.2, -0.15) is 0 Å². The number of hydrogen-bond donors (Lipinski definition) is 1. The van der Waals surface area contributed by atoms with Crippen LogP contribution in [0, 0.1) is 10.1 Å². The van der Waals surface area contributed by atoms with E-state index < -0.39 is 4.92 Å². The maximum absolute atomic E-state index is 12.6. The molecule has 0 aliphatic heterocycles. The predicted octanol–water partition coefficient (Wildman–Crippen LogP) is 4.16. The summed E-state index contributed by atoms with van der Waals surface area (Å²) in [7, 11) is 0. The number of thiophene rings is 1. The van der Waals surface area contributed by atoms with Crippen molar-refractivity contribution < 1.29 is 14.1 Å². The molecule has 0 spiro atoms. The predicted molar refractivity (Wildman–Crippen MR) is 97.6 cm³/mol. The van der Waals surface area contributed by atoms with Crippen molar-refractivity contribution in [2.75, 3.05) is 0 Å². The molecule has 0 radical (unpaired) electrons. The SMILES string of the molecule is O=C(NCc1cccc([N+](=O)[O-])c1)N(Cc1ccco1)Cc1cccs1. The molecule has 0 atom stereocenters. The zero-order valence-corrected chi connectivity index (χ0v) is 14.6. The highest BCUT2D eigenvalue weighted by atomic mass is 32.1. The summed E-state index contributed by atoms with van der Waals surface area (Å²) in [5.41, 5.74) is 0.671. The van der Waals surface area contributed by atoms with Crippen LogP contribution in [-0.2, 0) is 19.6 Å². The second-order valence-electron chi connectivity index (χ2n) is 5.60. The second kappa shape index (κ2) is 8.30. The van der Waals surface area contributed by atoms with Crippen molar-refractivity contribution in [3.63, 3.8) is 0 Å². The molecule has 2 heterocycles. The average Bonchev–Trinajstić information content (AvgIpc) is 3.33. The van der Waals surface area contributed by atoms with Gasteiger partial charge in [0.15, 0.2) is 0 Å². The molecule has 0 aliphatic rings. The molecular formula is C18H17N3O4S. The number of benzene rings is 1. The van der Waals surface area contributed by atoms with E-state index in [1.54, 1.807) is 40.7 Å². The van der Waals surface area contributed by atoms with Gasteiger partial charge in [-0.05, 0) is 29.1 Å². The van der Waals surface area contributed by atoms with Gasteiger partial charge in [0.1, 0.15) is 5.76 Å². The summed E-state index contributed by atoms with van der Waals surface area (Å²) in [6, 6.07) is 13.5. The Morgan fingerprint density at radius 3 is 2.77 bits per heavy atom. The van der Waals surface area contributed by atoms with E-state index in [9.17, 15) is 14.9 Å². The zero-order valence-electron chi connectivity index (χ0n) is 13.8. The Balaban J connectivity index is 1.66. The molecule has 1 aromatic carbocycles. The molecule has 134 valence electrons. The lowest BCUT2D eigenvalue weighted by molar-refractivity contribution is -0.384. The Kier molecular flexibility index (Phi) is 5.65. The lowest BCUT2D eigenvalue weighted by Crippen LogP contribution is -2.38. The van der Waals surface area contributed by atoms with Gasteiger partial charge in [-0.25, -0.2) is 4.79 Å². The highest BCUT2D eigenvalue weighted by Gasteiger charge is 2.16. The molecule has 8 heteroatoms. The van der Waals surface area contributed by atoms with E-state index in [1.165, 1.54) is 12.1 Å². The molecule has 2 aromatic heterocycles. The average molecular weight is 371 g/mol. The van der Waals surface area contributed by atoms with Crippen LogP contribution in [0.1, 0.15) is 16.2 Å². The number of furan rings is 1. The van der Waals surface area contributed by atoms with E-state index in [-0.39, 0.29) is 18.3 Å². The summed E-state index contributed by atoms with van der Waals surface area (Å²) in [6.45, 7) is 1.00. The van der Waals surface area contributed by atoms with Gasteiger partial charge in [-0.1, -0.05) is 18.2 Å². The summed E-state index contributed by atoms with van der Waals surface area (Å²) >= 11 is 1.57. The Morgan fingerprint density at radius 2 is 2.08 bits per heavy atom. The number of hydrogen-bond acceptors (Lipinski definition) is 5. The van der Waals surface area contributed by atoms with Gasteiger partial charge in [0, 0.05) is 23.6 Å². The minimum absolute atomic E-state index is 0.00257. The lowest BCUT2D eigenvalue weighted by atomic mass is 10.2. The number of nitrogens with zero attached hydrogens (tertiary/aromatic N) is 2. The minimum atomic E-state index is -0.453. The molecule has 0 saturated heterocycles. The summed E-state index contributed by atoms with van der Waals surface area (Å²) in [5.74, 6) is 0.687. The van der Waals surface area contributed by atoms with E-state index in [0.29, 0.717) is 24.4 Å². The normalized spacial score (nSPS) is 10.5. The summed E-state index contributed by atoms with van der Waals surface area (Å²) < 4.78 is 5.34. The second-order valence-corrected chi connectivity index (χ2v) is 6.63. The van der Waals surface area contributed by atoms with Gasteiger partial charge < -0.3 is 14.6 Å². The molecule has 0 bridgehead atoms. The summed E-state index contributed by atoms with van der Waals surface area (Å²) in [5, 5.41) is 15.6. The highest BCUT2D eigenvalue weighted by molar-refractivity contribution is 7.09. The number of nitrogens with one attached hydrogen (secondary N) is 1. The van der Waals surface area contributed by atoms with E-state index in [2.05, 4.69) is 5.32 Å². The van der Waals surface area contributed by atoms with Gasteiger partial charge >= 0.3 is 6.03 Å². The first-order valence-electron chi connectivity index (χ1n) is 7.92. The number of carbonyl (C=O) groups is 1. The fraction of sp³-hybridized carbons (Fsp3) is 0.167. The van der Waals surface area contributed by atoms with Crippen LogP contribution in [0.2, 0.25) is 0 Å². The van der Waals surface area contributed by atoms with Crippen LogP contribution in [0.25, 0.3) is 0 Å². The van der Waals surface area contributed by atoms with Crippen LogP contribution in [0.3, 0.4) is 0 Å². The van der Waals surface area contributed by atoms with Crippen molar-refractivity contribution in [1.82, 2.24) is 10.2 Å². The Morgan fingerprint density at radius 1 is 1.19 bits per heavy atom. The van der Waals surface area contributed by atoms with Crippen LogP contribution in [0.4, 0.5) is 10.5 Å². The summed E-state index contributed by atoms with van der Waals surface area (Å²) in [4.78, 5) is 25.7. The number of urea groups is 1. The maximum atomic E-state index is 12.6. The molecule has 0 fully saturated rings. The fourth-order valence-corrected chi connectivity index (χ4v) is 3.17. The van der Waals surface area contributed by atoms with Crippen LogP contribution in [0.15, 0.2) is 64.6 Å². The van der Waals surface area contributed by atoms with E-state index in [1.807, 2.05) is 23.6 Å². The van der Waals surface area contributed by atoms with Gasteiger partial charge in [0.2, 0.25) is 0 Å². The van der Waals surface area contributed by atoms with Crippen LogP contribution in [0.5, 0.6) is 0 Å². The molecule has 7 nitrogen and oxygen atoms in total. The van der Waals surface area contributed by atoms with E-state index in [4.69, 9.17) is 4.42 Å². The van der Waals surface area contributed by atoms with E-state index >= 15 is 0 Å². The Labute approximate surface area is 154 Å². The molecule has 0 aliphatic carbocycles.